The predicted molar refractivity (Wildman–Crippen MR) is 191 cm³/mol. The molecule has 2 N–H and O–H groups in total. The van der Waals surface area contributed by atoms with Crippen LogP contribution in [0.3, 0.4) is 0 Å². The van der Waals surface area contributed by atoms with E-state index in [9.17, 15) is 23.1 Å². The van der Waals surface area contributed by atoms with Crippen LogP contribution in [0.5, 0.6) is 0 Å². The number of nitrogens with one attached hydrogen (secondary N) is 1. The predicted octanol–water partition coefficient (Wildman–Crippen LogP) is 4.27. The van der Waals surface area contributed by atoms with Crippen LogP contribution in [0.25, 0.3) is 0 Å². The maximum absolute atomic E-state index is 13.9. The van der Waals surface area contributed by atoms with Crippen molar-refractivity contribution in [3.05, 3.63) is 81.8 Å². The summed E-state index contributed by atoms with van der Waals surface area (Å²) in [5.41, 5.74) is 1.57. The number of thiazole rings is 1. The normalized spacial score (nSPS) is 15.4. The Kier molecular flexibility index (Phi) is 12.9. The van der Waals surface area contributed by atoms with Gasteiger partial charge in [-0.3, -0.25) is 4.79 Å². The molecule has 1 saturated heterocycles. The van der Waals surface area contributed by atoms with Crippen LogP contribution >= 0.6 is 11.3 Å². The van der Waals surface area contributed by atoms with Gasteiger partial charge in [0, 0.05) is 43.5 Å². The molecule has 2 atom stereocenters. The van der Waals surface area contributed by atoms with E-state index < -0.39 is 27.7 Å². The van der Waals surface area contributed by atoms with E-state index >= 15 is 0 Å². The van der Waals surface area contributed by atoms with E-state index in [-0.39, 0.29) is 48.7 Å². The lowest BCUT2D eigenvalue weighted by Crippen LogP contribution is -2.54. The number of aliphatic hydroxyl groups excluding tert-OH is 1. The molecule has 0 bridgehead atoms. The quantitative estimate of drug-likeness (QED) is 0.157. The zero-order chi connectivity index (χ0) is 35.8. The average Bonchev–Trinajstić information content (AvgIpc) is 3.64. The van der Waals surface area contributed by atoms with Crippen molar-refractivity contribution in [1.29, 1.82) is 0 Å². The van der Waals surface area contributed by atoms with Crippen LogP contribution in [0, 0.1) is 12.8 Å². The maximum atomic E-state index is 13.9. The van der Waals surface area contributed by atoms with Gasteiger partial charge in [0.05, 0.1) is 40.5 Å². The monoisotopic (exact) mass is 712 g/mol. The molecule has 1 aromatic heterocycles. The molecule has 4 rings (SSSR count). The highest BCUT2D eigenvalue weighted by molar-refractivity contribution is 7.89. The van der Waals surface area contributed by atoms with Crippen molar-refractivity contribution < 1.29 is 28.0 Å². The average molecular weight is 713 g/mol. The van der Waals surface area contributed by atoms with Crippen LogP contribution in [0.4, 0.5) is 4.79 Å². The molecule has 266 valence electrons. The number of hydrogen-bond donors (Lipinski definition) is 2. The van der Waals surface area contributed by atoms with Crippen LogP contribution in [-0.4, -0.2) is 102 Å². The van der Waals surface area contributed by atoms with E-state index in [2.05, 4.69) is 15.5 Å². The number of oxime groups is 1. The standard InChI is InChI=1S/C35H48N6O6S2/c1-25(2)21-40(49(45,46)30-14-12-28(13-15-30)20-36-47-6)23-32(42)31(18-27-10-8-7-9-11-27)38-33(43)19-35(4,5)41-17-16-39(34(41)44)22-29-24-48-26(3)37-29/h7-15,20,24-25,31-32,42H,16-19,21-23H2,1-6H3,(H,38,43)/b36-20+/t31-,32+/m0/s1. The van der Waals surface area contributed by atoms with Crippen molar-refractivity contribution in [2.75, 3.05) is 33.3 Å². The molecular formula is C35H48N6O6S2. The van der Waals surface area contributed by atoms with Gasteiger partial charge in [0.25, 0.3) is 0 Å². The van der Waals surface area contributed by atoms with Gasteiger partial charge in [-0.2, -0.15) is 4.31 Å². The van der Waals surface area contributed by atoms with Crippen LogP contribution in [0.1, 0.15) is 55.9 Å². The first-order valence-corrected chi connectivity index (χ1v) is 18.7. The van der Waals surface area contributed by atoms with E-state index in [0.29, 0.717) is 25.2 Å². The van der Waals surface area contributed by atoms with Gasteiger partial charge >= 0.3 is 6.03 Å². The van der Waals surface area contributed by atoms with Crippen LogP contribution in [0.15, 0.2) is 70.0 Å². The Bertz CT molecular complexity index is 1680. The minimum absolute atomic E-state index is 0.00682. The number of rotatable bonds is 17. The number of aliphatic hydroxyl groups is 1. The molecule has 0 aliphatic carbocycles. The Hall–Kier alpha value is -3.85. The van der Waals surface area contributed by atoms with Crippen molar-refractivity contribution >= 4 is 39.5 Å². The molecule has 0 spiro atoms. The van der Waals surface area contributed by atoms with Crippen molar-refractivity contribution in [2.45, 2.75) is 76.6 Å². The highest BCUT2D eigenvalue weighted by atomic mass is 32.2. The van der Waals surface area contributed by atoms with Gasteiger partial charge in [-0.05, 0) is 56.4 Å². The molecule has 2 aromatic carbocycles. The first-order valence-electron chi connectivity index (χ1n) is 16.3. The van der Waals surface area contributed by atoms with Crippen molar-refractivity contribution in [3.8, 4) is 0 Å². The number of aryl methyl sites for hydroxylation is 1. The number of benzene rings is 2. The van der Waals surface area contributed by atoms with E-state index in [1.807, 2.05) is 70.3 Å². The maximum Gasteiger partial charge on any atom is 0.320 e. The minimum atomic E-state index is -4.00. The van der Waals surface area contributed by atoms with Crippen LogP contribution < -0.4 is 5.32 Å². The number of aromatic nitrogens is 1. The number of carbonyl (C=O) groups excluding carboxylic acids is 2. The number of urea groups is 1. The summed E-state index contributed by atoms with van der Waals surface area (Å²) in [7, 11) is -2.58. The lowest BCUT2D eigenvalue weighted by molar-refractivity contribution is -0.124. The summed E-state index contributed by atoms with van der Waals surface area (Å²) >= 11 is 1.54. The molecule has 12 nitrogen and oxygen atoms in total. The molecule has 3 amide bonds. The topological polar surface area (TPSA) is 145 Å². The Morgan fingerprint density at radius 1 is 1.14 bits per heavy atom. The van der Waals surface area contributed by atoms with E-state index in [1.54, 1.807) is 33.3 Å². The fourth-order valence-electron chi connectivity index (χ4n) is 5.87. The third-order valence-corrected chi connectivity index (χ3v) is 11.0. The van der Waals surface area contributed by atoms with Gasteiger partial charge < -0.3 is 25.1 Å². The molecule has 49 heavy (non-hydrogen) atoms. The van der Waals surface area contributed by atoms with Crippen molar-refractivity contribution in [2.24, 2.45) is 11.1 Å². The fraction of sp³-hybridized carbons (Fsp3) is 0.486. The highest BCUT2D eigenvalue weighted by Crippen LogP contribution is 2.26. The Labute approximate surface area is 293 Å². The van der Waals surface area contributed by atoms with Crippen LogP contribution in [-0.2, 0) is 32.6 Å². The lowest BCUT2D eigenvalue weighted by Gasteiger charge is -2.36. The second-order valence-electron chi connectivity index (χ2n) is 13.3. The number of amides is 3. The molecule has 2 heterocycles. The SMILES string of the molecule is CO/N=C/c1ccc(S(=O)(=O)N(CC(C)C)C[C@@H](O)[C@H](Cc2ccccc2)NC(=O)CC(C)(C)N2CCN(Cc3csc(C)n3)C2=O)cc1. The third kappa shape index (κ3) is 10.3. The summed E-state index contributed by atoms with van der Waals surface area (Å²) < 4.78 is 29.0. The van der Waals surface area contributed by atoms with Crippen molar-refractivity contribution in [1.82, 2.24) is 24.4 Å². The molecular weight excluding hydrogens is 665 g/mol. The molecule has 0 saturated carbocycles. The minimum Gasteiger partial charge on any atom is -0.399 e. The molecule has 1 fully saturated rings. The zero-order valence-corrected chi connectivity index (χ0v) is 30.7. The summed E-state index contributed by atoms with van der Waals surface area (Å²) in [5, 5.41) is 21.3. The van der Waals surface area contributed by atoms with Gasteiger partial charge in [-0.1, -0.05) is 61.5 Å². The summed E-state index contributed by atoms with van der Waals surface area (Å²) in [6.45, 7) is 10.8. The fourth-order valence-corrected chi connectivity index (χ4v) is 8.09. The first-order chi connectivity index (χ1) is 23.2. The zero-order valence-electron chi connectivity index (χ0n) is 29.1. The smallest absolute Gasteiger partial charge is 0.320 e. The second-order valence-corrected chi connectivity index (χ2v) is 16.3. The largest absolute Gasteiger partial charge is 0.399 e. The molecule has 0 radical (unpaired) electrons. The summed E-state index contributed by atoms with van der Waals surface area (Å²) in [6.07, 6.45) is 0.510. The molecule has 1 aliphatic rings. The van der Waals surface area contributed by atoms with Gasteiger partial charge in [0.15, 0.2) is 0 Å². The van der Waals surface area contributed by atoms with E-state index in [1.165, 1.54) is 29.8 Å². The molecule has 0 unspecified atom stereocenters. The second kappa shape index (κ2) is 16.7. The lowest BCUT2D eigenvalue weighted by atomic mass is 9.96. The number of hydrogen-bond acceptors (Lipinski definition) is 9. The highest BCUT2D eigenvalue weighted by Gasteiger charge is 2.40. The molecule has 14 heteroatoms. The molecule has 3 aromatic rings. The Balaban J connectivity index is 1.49. The van der Waals surface area contributed by atoms with Crippen LogP contribution in [0.2, 0.25) is 0 Å². The van der Waals surface area contributed by atoms with E-state index in [4.69, 9.17) is 4.84 Å². The van der Waals surface area contributed by atoms with Gasteiger partial charge in [-0.15, -0.1) is 11.3 Å². The molecule has 1 aliphatic heterocycles. The summed E-state index contributed by atoms with van der Waals surface area (Å²) in [4.78, 5) is 39.7. The third-order valence-electron chi connectivity index (χ3n) is 8.33. The summed E-state index contributed by atoms with van der Waals surface area (Å²) in [5.74, 6) is -0.381. The van der Waals surface area contributed by atoms with Gasteiger partial charge in [-0.25, -0.2) is 18.2 Å². The number of sulfonamides is 1. The van der Waals surface area contributed by atoms with Gasteiger partial charge in [0.1, 0.15) is 7.11 Å². The number of carbonyl (C=O) groups is 2. The Morgan fingerprint density at radius 2 is 1.84 bits per heavy atom. The number of nitrogens with zero attached hydrogens (tertiary/aromatic N) is 5. The first kappa shape index (κ1) is 38.0. The van der Waals surface area contributed by atoms with E-state index in [0.717, 1.165) is 16.3 Å². The Morgan fingerprint density at radius 3 is 2.45 bits per heavy atom. The summed E-state index contributed by atoms with van der Waals surface area (Å²) in [6, 6.07) is 14.7. The van der Waals surface area contributed by atoms with Crippen molar-refractivity contribution in [3.63, 3.8) is 0 Å². The van der Waals surface area contributed by atoms with Gasteiger partial charge in [0.2, 0.25) is 15.9 Å².